The molecule has 2 N–H and O–H groups in total. The number of carbonyl (C=O) groups is 1. The Morgan fingerprint density at radius 2 is 2.20 bits per heavy atom. The van der Waals surface area contributed by atoms with Crippen LogP contribution in [0, 0.1) is 12.7 Å². The Hall–Kier alpha value is -1.91. The summed E-state index contributed by atoms with van der Waals surface area (Å²) in [5.74, 6) is -0.362. The van der Waals surface area contributed by atoms with Crippen molar-refractivity contribution in [3.05, 3.63) is 29.1 Å². The van der Waals surface area contributed by atoms with Crippen molar-refractivity contribution in [2.24, 2.45) is 5.10 Å². The van der Waals surface area contributed by atoms with E-state index in [0.29, 0.717) is 12.8 Å². The molecule has 1 aliphatic rings. The lowest BCUT2D eigenvalue weighted by Gasteiger charge is -2.35. The number of anilines is 1. The summed E-state index contributed by atoms with van der Waals surface area (Å²) >= 11 is 0. The Morgan fingerprint density at radius 3 is 2.85 bits per heavy atom. The van der Waals surface area contributed by atoms with Crippen LogP contribution in [0.4, 0.5) is 10.1 Å². The number of nitrogens with one attached hydrogen (secondary N) is 2. The van der Waals surface area contributed by atoms with Gasteiger partial charge in [-0.1, -0.05) is 6.92 Å². The summed E-state index contributed by atoms with van der Waals surface area (Å²) in [4.78, 5) is 11.3. The fourth-order valence-corrected chi connectivity index (χ4v) is 2.30. The summed E-state index contributed by atoms with van der Waals surface area (Å²) in [6.45, 7) is 7.59. The number of hydrogen-bond donors (Lipinski definition) is 2. The molecule has 0 bridgehead atoms. The molecule has 1 aromatic carbocycles. The van der Waals surface area contributed by atoms with E-state index >= 15 is 0 Å². The van der Waals surface area contributed by atoms with Gasteiger partial charge in [0.15, 0.2) is 0 Å². The molecule has 0 radical (unpaired) electrons. The standard InChI is InChI=1S/C15H20FN3O/c1-5-14(20)19-18-13-8-11-9(2)6-10(16)7-12(11)17-15(13,3)4/h6-7,17H,5,8H2,1-4H3,(H,19,20)/b18-13-. The van der Waals surface area contributed by atoms with Gasteiger partial charge in [-0.3, -0.25) is 4.79 Å². The number of carbonyl (C=O) groups excluding carboxylic acids is 1. The van der Waals surface area contributed by atoms with Crippen LogP contribution in [0.2, 0.25) is 0 Å². The van der Waals surface area contributed by atoms with Crippen LogP contribution in [-0.4, -0.2) is 17.2 Å². The molecule has 1 aliphatic heterocycles. The summed E-state index contributed by atoms with van der Waals surface area (Å²) in [5, 5.41) is 7.52. The van der Waals surface area contributed by atoms with Gasteiger partial charge in [-0.15, -0.1) is 0 Å². The first-order valence-electron chi connectivity index (χ1n) is 6.76. The predicted molar refractivity (Wildman–Crippen MR) is 78.4 cm³/mol. The van der Waals surface area contributed by atoms with Crippen LogP contribution >= 0.6 is 0 Å². The van der Waals surface area contributed by atoms with E-state index in [1.165, 1.54) is 12.1 Å². The van der Waals surface area contributed by atoms with Crippen molar-refractivity contribution in [2.45, 2.75) is 46.1 Å². The van der Waals surface area contributed by atoms with Gasteiger partial charge >= 0.3 is 0 Å². The first kappa shape index (κ1) is 14.5. The lowest BCUT2D eigenvalue weighted by atomic mass is 9.85. The number of aryl methyl sites for hydroxylation is 1. The molecule has 1 aromatic rings. The van der Waals surface area contributed by atoms with Crippen molar-refractivity contribution in [1.82, 2.24) is 5.43 Å². The highest BCUT2D eigenvalue weighted by Crippen LogP contribution is 2.31. The second-order valence-corrected chi connectivity index (χ2v) is 5.62. The van der Waals surface area contributed by atoms with Gasteiger partial charge in [-0.25, -0.2) is 9.82 Å². The van der Waals surface area contributed by atoms with Gasteiger partial charge in [-0.2, -0.15) is 5.10 Å². The van der Waals surface area contributed by atoms with E-state index in [-0.39, 0.29) is 11.7 Å². The van der Waals surface area contributed by atoms with Gasteiger partial charge in [0, 0.05) is 18.5 Å². The van der Waals surface area contributed by atoms with E-state index in [0.717, 1.165) is 22.5 Å². The van der Waals surface area contributed by atoms with E-state index in [2.05, 4.69) is 15.8 Å². The maximum absolute atomic E-state index is 13.5. The Morgan fingerprint density at radius 1 is 1.50 bits per heavy atom. The molecule has 4 nitrogen and oxygen atoms in total. The second kappa shape index (κ2) is 5.23. The minimum Gasteiger partial charge on any atom is -0.374 e. The van der Waals surface area contributed by atoms with Crippen LogP contribution in [0.1, 0.15) is 38.3 Å². The SMILES string of the molecule is CCC(=O)N/N=C1/Cc2c(C)cc(F)cc2NC1(C)C. The molecule has 0 atom stereocenters. The number of hydrogen-bond acceptors (Lipinski definition) is 3. The van der Waals surface area contributed by atoms with Crippen molar-refractivity contribution in [2.75, 3.05) is 5.32 Å². The minimum absolute atomic E-state index is 0.116. The normalized spacial score (nSPS) is 18.4. The van der Waals surface area contributed by atoms with Crippen LogP contribution < -0.4 is 10.7 Å². The fourth-order valence-electron chi connectivity index (χ4n) is 2.30. The molecule has 20 heavy (non-hydrogen) atoms. The Balaban J connectivity index is 2.36. The molecule has 0 fully saturated rings. The third-order valence-corrected chi connectivity index (χ3v) is 3.59. The molecule has 5 heteroatoms. The van der Waals surface area contributed by atoms with Gasteiger partial charge in [0.25, 0.3) is 0 Å². The zero-order valence-electron chi connectivity index (χ0n) is 12.3. The van der Waals surface area contributed by atoms with Crippen molar-refractivity contribution in [3.63, 3.8) is 0 Å². The lowest BCUT2D eigenvalue weighted by Crippen LogP contribution is -2.46. The molecular formula is C15H20FN3O. The zero-order chi connectivity index (χ0) is 14.9. The first-order chi connectivity index (χ1) is 9.33. The van der Waals surface area contributed by atoms with Crippen LogP contribution in [0.5, 0.6) is 0 Å². The van der Waals surface area contributed by atoms with Gasteiger partial charge in [0.2, 0.25) is 5.91 Å². The Labute approximate surface area is 118 Å². The molecule has 0 aromatic heterocycles. The Kier molecular flexibility index (Phi) is 3.79. The van der Waals surface area contributed by atoms with E-state index in [1.807, 2.05) is 20.8 Å². The predicted octanol–water partition coefficient (Wildman–Crippen LogP) is 2.76. The van der Waals surface area contributed by atoms with Crippen molar-refractivity contribution < 1.29 is 9.18 Å². The van der Waals surface area contributed by atoms with Crippen LogP contribution in [0.25, 0.3) is 0 Å². The number of hydrazone groups is 1. The Bertz CT molecular complexity index is 579. The lowest BCUT2D eigenvalue weighted by molar-refractivity contribution is -0.120. The summed E-state index contributed by atoms with van der Waals surface area (Å²) in [6.07, 6.45) is 0.997. The van der Waals surface area contributed by atoms with E-state index in [9.17, 15) is 9.18 Å². The largest absolute Gasteiger partial charge is 0.374 e. The fraction of sp³-hybridized carbons (Fsp3) is 0.467. The van der Waals surface area contributed by atoms with Gasteiger partial charge in [0.1, 0.15) is 5.82 Å². The van der Waals surface area contributed by atoms with Gasteiger partial charge in [0.05, 0.1) is 11.3 Å². The van der Waals surface area contributed by atoms with Gasteiger partial charge in [-0.05, 0) is 44.0 Å². The van der Waals surface area contributed by atoms with E-state index in [1.54, 1.807) is 6.92 Å². The molecule has 0 saturated carbocycles. The highest BCUT2D eigenvalue weighted by molar-refractivity contribution is 6.01. The molecule has 2 rings (SSSR count). The topological polar surface area (TPSA) is 53.5 Å². The number of nitrogens with zero attached hydrogens (tertiary/aromatic N) is 1. The van der Waals surface area contributed by atoms with E-state index in [4.69, 9.17) is 0 Å². The maximum Gasteiger partial charge on any atom is 0.239 e. The van der Waals surface area contributed by atoms with Crippen LogP contribution in [0.15, 0.2) is 17.2 Å². The maximum atomic E-state index is 13.5. The number of benzene rings is 1. The molecule has 1 amide bonds. The minimum atomic E-state index is -0.422. The average molecular weight is 277 g/mol. The van der Waals surface area contributed by atoms with Crippen molar-refractivity contribution in [3.8, 4) is 0 Å². The number of amides is 1. The first-order valence-corrected chi connectivity index (χ1v) is 6.76. The second-order valence-electron chi connectivity index (χ2n) is 5.62. The van der Waals surface area contributed by atoms with Gasteiger partial charge < -0.3 is 5.32 Å². The zero-order valence-corrected chi connectivity index (χ0v) is 12.3. The van der Waals surface area contributed by atoms with Crippen LogP contribution in [-0.2, 0) is 11.2 Å². The molecule has 1 heterocycles. The monoisotopic (exact) mass is 277 g/mol. The van der Waals surface area contributed by atoms with Crippen LogP contribution in [0.3, 0.4) is 0 Å². The summed E-state index contributed by atoms with van der Waals surface area (Å²) in [6, 6.07) is 3.02. The molecule has 0 aliphatic carbocycles. The van der Waals surface area contributed by atoms with E-state index < -0.39 is 5.54 Å². The molecule has 108 valence electrons. The summed E-state index contributed by atoms with van der Waals surface area (Å²) < 4.78 is 13.5. The smallest absolute Gasteiger partial charge is 0.239 e. The van der Waals surface area contributed by atoms with Crippen molar-refractivity contribution in [1.29, 1.82) is 0 Å². The number of rotatable bonds is 2. The molecular weight excluding hydrogens is 257 g/mol. The number of fused-ring (bicyclic) bond motifs is 1. The third kappa shape index (κ3) is 2.81. The highest BCUT2D eigenvalue weighted by atomic mass is 19.1. The third-order valence-electron chi connectivity index (χ3n) is 3.59. The average Bonchev–Trinajstić information content (AvgIpc) is 2.34. The molecule has 0 spiro atoms. The number of halogens is 1. The quantitative estimate of drug-likeness (QED) is 0.817. The summed E-state index contributed by atoms with van der Waals surface area (Å²) in [5.41, 5.74) is 5.68. The molecule has 0 saturated heterocycles. The molecule has 0 unspecified atom stereocenters. The summed E-state index contributed by atoms with van der Waals surface area (Å²) in [7, 11) is 0. The van der Waals surface area contributed by atoms with Crippen molar-refractivity contribution >= 4 is 17.3 Å². The highest BCUT2D eigenvalue weighted by Gasteiger charge is 2.32.